The predicted octanol–water partition coefficient (Wildman–Crippen LogP) is 19.9. The van der Waals surface area contributed by atoms with Gasteiger partial charge in [-0.3, -0.25) is 13.8 Å². The van der Waals surface area contributed by atoms with E-state index >= 15 is 0 Å². The van der Waals surface area contributed by atoms with Gasteiger partial charge in [0.2, 0.25) is 5.91 Å². The highest BCUT2D eigenvalue weighted by Gasteiger charge is 2.27. The van der Waals surface area contributed by atoms with E-state index in [-0.39, 0.29) is 19.1 Å². The summed E-state index contributed by atoms with van der Waals surface area (Å²) in [4.78, 5) is 23.4. The molecule has 3 unspecified atom stereocenters. The molecule has 0 aliphatic rings. The maximum absolute atomic E-state index is 13.0. The van der Waals surface area contributed by atoms with E-state index in [1.54, 1.807) is 6.08 Å². The molecule has 436 valence electrons. The summed E-state index contributed by atoms with van der Waals surface area (Å²) in [6.07, 6.45) is 75.2. The summed E-state index contributed by atoms with van der Waals surface area (Å²) in [6, 6.07) is -0.865. The van der Waals surface area contributed by atoms with Crippen LogP contribution in [0, 0.1) is 0 Å². The van der Waals surface area contributed by atoms with Gasteiger partial charge < -0.3 is 19.8 Å². The SMILES string of the molecule is CCCCCCC/C=C\C/C=C\CCCCCCCCCCCCCCCCCC(=O)NC(COP(=O)(O)OCC[N+](C)(C)C)C(O)/C=C/CC/C=C/CCCCCCCCCCCCCCCCCCCCC. The van der Waals surface area contributed by atoms with Crippen LogP contribution in [0.3, 0.4) is 0 Å². The zero-order chi connectivity index (χ0) is 54.2. The van der Waals surface area contributed by atoms with Crippen LogP contribution in [0.5, 0.6) is 0 Å². The number of likely N-dealkylation sites (N-methyl/N-ethyl adjacent to an activating group) is 1. The van der Waals surface area contributed by atoms with E-state index in [9.17, 15) is 19.4 Å². The molecule has 8 nitrogen and oxygen atoms in total. The number of amides is 1. The van der Waals surface area contributed by atoms with Crippen LogP contribution in [0.4, 0.5) is 0 Å². The first-order valence-electron chi connectivity index (χ1n) is 32.0. The number of phosphoric ester groups is 1. The van der Waals surface area contributed by atoms with Gasteiger partial charge in [-0.05, 0) is 64.2 Å². The summed E-state index contributed by atoms with van der Waals surface area (Å²) in [7, 11) is 1.56. The molecule has 3 N–H and O–H groups in total. The van der Waals surface area contributed by atoms with Crippen LogP contribution in [0.2, 0.25) is 0 Å². The molecule has 0 rings (SSSR count). The van der Waals surface area contributed by atoms with Crippen molar-refractivity contribution in [2.24, 2.45) is 0 Å². The molecule has 0 aromatic rings. The van der Waals surface area contributed by atoms with Crippen LogP contribution in [0.15, 0.2) is 48.6 Å². The number of aliphatic hydroxyl groups excluding tert-OH is 1. The number of hydrogen-bond donors (Lipinski definition) is 3. The number of aliphatic hydroxyl groups is 1. The Morgan fingerprint density at radius 1 is 0.459 bits per heavy atom. The van der Waals surface area contributed by atoms with Gasteiger partial charge in [-0.25, -0.2) is 4.57 Å². The fourth-order valence-electron chi connectivity index (χ4n) is 9.50. The summed E-state index contributed by atoms with van der Waals surface area (Å²) in [5.41, 5.74) is 0. The summed E-state index contributed by atoms with van der Waals surface area (Å²) in [6.45, 7) is 4.83. The lowest BCUT2D eigenvalue weighted by atomic mass is 10.0. The fraction of sp³-hybridized carbons (Fsp3) is 0.862. The lowest BCUT2D eigenvalue weighted by Crippen LogP contribution is -2.45. The number of nitrogens with one attached hydrogen (secondary N) is 1. The second kappa shape index (κ2) is 56.2. The van der Waals surface area contributed by atoms with E-state index in [1.807, 2.05) is 27.2 Å². The van der Waals surface area contributed by atoms with Gasteiger partial charge in [0.25, 0.3) is 0 Å². The number of phosphoric acid groups is 1. The highest BCUT2D eigenvalue weighted by molar-refractivity contribution is 7.47. The molecule has 74 heavy (non-hydrogen) atoms. The molecule has 0 spiro atoms. The molecule has 0 aliphatic heterocycles. The number of allylic oxidation sites excluding steroid dienone is 7. The normalized spacial score (nSPS) is 14.1. The maximum Gasteiger partial charge on any atom is 0.472 e. The molecule has 0 saturated heterocycles. The first-order chi connectivity index (χ1) is 36.0. The topological polar surface area (TPSA) is 105 Å². The molecule has 0 aliphatic carbocycles. The second-order valence-corrected chi connectivity index (χ2v) is 24.6. The first kappa shape index (κ1) is 72.5. The Balaban J connectivity index is 4.17. The fourth-order valence-corrected chi connectivity index (χ4v) is 10.2. The van der Waals surface area contributed by atoms with Gasteiger partial charge in [0.05, 0.1) is 39.9 Å². The Labute approximate surface area is 460 Å². The van der Waals surface area contributed by atoms with Crippen molar-refractivity contribution in [3.63, 3.8) is 0 Å². The molecule has 0 fully saturated rings. The van der Waals surface area contributed by atoms with Crippen molar-refractivity contribution in [2.75, 3.05) is 40.9 Å². The summed E-state index contributed by atoms with van der Waals surface area (Å²) in [5.74, 6) is -0.183. The molecule has 0 heterocycles. The van der Waals surface area contributed by atoms with Crippen LogP contribution in [0.1, 0.15) is 309 Å². The Bertz CT molecular complexity index is 1340. The zero-order valence-electron chi connectivity index (χ0n) is 49.8. The van der Waals surface area contributed by atoms with Crippen molar-refractivity contribution in [3.05, 3.63) is 48.6 Å². The number of hydrogen-bond acceptors (Lipinski definition) is 5. The maximum atomic E-state index is 13.0. The van der Waals surface area contributed by atoms with Crippen LogP contribution in [0.25, 0.3) is 0 Å². The van der Waals surface area contributed by atoms with Gasteiger partial charge in [0.1, 0.15) is 13.2 Å². The third-order valence-corrected chi connectivity index (χ3v) is 15.5. The molecule has 0 bridgehead atoms. The monoisotopic (exact) mass is 1060 g/mol. The second-order valence-electron chi connectivity index (χ2n) is 23.1. The minimum atomic E-state index is -4.36. The molecule has 9 heteroatoms. The molecule has 0 saturated carbocycles. The summed E-state index contributed by atoms with van der Waals surface area (Å²) >= 11 is 0. The van der Waals surface area contributed by atoms with Crippen molar-refractivity contribution in [1.82, 2.24) is 5.32 Å². The van der Waals surface area contributed by atoms with E-state index in [0.717, 1.165) is 44.9 Å². The number of unbranched alkanes of at least 4 members (excludes halogenated alkanes) is 40. The highest BCUT2D eigenvalue weighted by Crippen LogP contribution is 2.43. The van der Waals surface area contributed by atoms with Crippen molar-refractivity contribution in [3.8, 4) is 0 Å². The molecule has 1 amide bonds. The van der Waals surface area contributed by atoms with Gasteiger partial charge in [-0.1, -0.05) is 287 Å². The lowest BCUT2D eigenvalue weighted by molar-refractivity contribution is -0.870. The van der Waals surface area contributed by atoms with Crippen molar-refractivity contribution >= 4 is 13.7 Å². The molecular weight excluding hydrogens is 936 g/mol. The van der Waals surface area contributed by atoms with Gasteiger partial charge in [-0.15, -0.1) is 0 Å². The van der Waals surface area contributed by atoms with Crippen LogP contribution >= 0.6 is 7.82 Å². The van der Waals surface area contributed by atoms with E-state index in [0.29, 0.717) is 17.4 Å². The smallest absolute Gasteiger partial charge is 0.387 e. The Morgan fingerprint density at radius 2 is 0.784 bits per heavy atom. The van der Waals surface area contributed by atoms with Crippen molar-refractivity contribution in [1.29, 1.82) is 0 Å². The number of carbonyl (C=O) groups excluding carboxylic acids is 1. The zero-order valence-corrected chi connectivity index (χ0v) is 50.7. The average Bonchev–Trinajstić information content (AvgIpc) is 3.36. The largest absolute Gasteiger partial charge is 0.472 e. The van der Waals surface area contributed by atoms with Crippen LogP contribution in [-0.2, 0) is 18.4 Å². The molecule has 0 aromatic heterocycles. The van der Waals surface area contributed by atoms with E-state index < -0.39 is 20.0 Å². The van der Waals surface area contributed by atoms with Crippen molar-refractivity contribution in [2.45, 2.75) is 321 Å². The highest BCUT2D eigenvalue weighted by atomic mass is 31.2. The number of rotatable bonds is 59. The van der Waals surface area contributed by atoms with Gasteiger partial charge >= 0.3 is 7.82 Å². The standard InChI is InChI=1S/C65H125N2O6P/c1-6-8-10-12-14-16-18-20-22-24-26-28-30-32-33-35-37-39-41-43-45-47-49-51-53-55-57-59-65(69)66-63(62-73-74(70,71)72-61-60-67(3,4)5)64(68)58-56-54-52-50-48-46-44-42-40-38-36-34-31-29-27-25-23-21-19-17-15-13-11-9-7-2/h18,20,24,26,48,50,56,58,63-64,68H,6-17,19,21-23,25,27-47,49,51-55,57,59-62H2,1-5H3,(H-,66,69,70,71)/p+1/b20-18-,26-24-,50-48+,58-56+. The Hall–Kier alpha value is -1.54. The van der Waals surface area contributed by atoms with Gasteiger partial charge in [0.15, 0.2) is 0 Å². The molecular formula is C65H126N2O6P+. The van der Waals surface area contributed by atoms with Crippen molar-refractivity contribution < 1.29 is 32.9 Å². The molecule has 0 radical (unpaired) electrons. The molecule has 0 aromatic carbocycles. The van der Waals surface area contributed by atoms with Crippen LogP contribution in [-0.4, -0.2) is 73.4 Å². The summed E-state index contributed by atoms with van der Waals surface area (Å²) in [5, 5.41) is 14.0. The third-order valence-electron chi connectivity index (χ3n) is 14.5. The predicted molar refractivity (Wildman–Crippen MR) is 323 cm³/mol. The quantitative estimate of drug-likeness (QED) is 0.0243. The lowest BCUT2D eigenvalue weighted by Gasteiger charge is -2.25. The summed E-state index contributed by atoms with van der Waals surface area (Å²) < 4.78 is 23.8. The number of quaternary nitrogens is 1. The average molecular weight is 1060 g/mol. The minimum absolute atomic E-state index is 0.0564. The van der Waals surface area contributed by atoms with Crippen LogP contribution < -0.4 is 5.32 Å². The number of carbonyl (C=O) groups is 1. The van der Waals surface area contributed by atoms with E-state index in [1.165, 1.54) is 244 Å². The number of nitrogens with zero attached hydrogens (tertiary/aromatic N) is 1. The van der Waals surface area contributed by atoms with E-state index in [4.69, 9.17) is 9.05 Å². The molecule has 3 atom stereocenters. The van der Waals surface area contributed by atoms with Gasteiger partial charge in [0, 0.05) is 6.42 Å². The first-order valence-corrected chi connectivity index (χ1v) is 33.5. The minimum Gasteiger partial charge on any atom is -0.387 e. The Morgan fingerprint density at radius 3 is 1.16 bits per heavy atom. The van der Waals surface area contributed by atoms with E-state index in [2.05, 4.69) is 55.6 Å². The Kier molecular flexibility index (Phi) is 55.0. The third kappa shape index (κ3) is 58.1. The van der Waals surface area contributed by atoms with Gasteiger partial charge in [-0.2, -0.15) is 0 Å².